The van der Waals surface area contributed by atoms with Gasteiger partial charge in [0, 0.05) is 0 Å². The molecule has 10 atom stereocenters. The zero-order chi connectivity index (χ0) is 27.3. The molecule has 0 aliphatic heterocycles. The molecule has 0 saturated heterocycles. The topological polar surface area (TPSA) is 29.5 Å². The fourth-order valence-electron chi connectivity index (χ4n) is 10.4. The second-order valence-corrected chi connectivity index (χ2v) is 17.7. The Labute approximate surface area is 240 Å². The maximum atomic E-state index is 12.8. The Morgan fingerprint density at radius 1 is 0.974 bits per heavy atom. The summed E-state index contributed by atoms with van der Waals surface area (Å²) in [7, 11) is 1.86. The Bertz CT molecular complexity index is 944. The number of ether oxygens (including phenoxy) is 1. The maximum absolute atomic E-state index is 12.8. The Kier molecular flexibility index (Phi) is 8.56. The second kappa shape index (κ2) is 11.1. The van der Waals surface area contributed by atoms with Crippen LogP contribution in [-0.4, -0.2) is 38.9 Å². The molecule has 0 heterocycles. The Hall–Kier alpha value is -0.341. The third kappa shape index (κ3) is 4.99. The molecule has 3 heteroatoms. The van der Waals surface area contributed by atoms with Crippen molar-refractivity contribution < 1.29 is 9.84 Å². The van der Waals surface area contributed by atoms with Gasteiger partial charge in [-0.15, -0.1) is 0 Å². The van der Waals surface area contributed by atoms with Crippen molar-refractivity contribution in [2.24, 2.45) is 46.3 Å². The summed E-state index contributed by atoms with van der Waals surface area (Å²) in [4.78, 5) is 0.381. The number of aliphatic hydroxyl groups is 1. The quantitative estimate of drug-likeness (QED) is 0.313. The Morgan fingerprint density at radius 2 is 1.71 bits per heavy atom. The summed E-state index contributed by atoms with van der Waals surface area (Å²) >= 11 is 0.278. The van der Waals surface area contributed by atoms with E-state index in [0.29, 0.717) is 16.1 Å². The van der Waals surface area contributed by atoms with Gasteiger partial charge in [0.1, 0.15) is 0 Å². The number of rotatable bonds is 8. The van der Waals surface area contributed by atoms with Crippen molar-refractivity contribution in [1.29, 1.82) is 0 Å². The average Bonchev–Trinajstić information content (AvgIpc) is 3.23. The number of fused-ring (bicyclic) bond motifs is 5. The number of hydrogen-bond donors (Lipinski definition) is 1. The van der Waals surface area contributed by atoms with E-state index in [1.54, 1.807) is 0 Å². The molecular formula is C35H56O2Se. The van der Waals surface area contributed by atoms with Crippen molar-refractivity contribution in [2.45, 2.75) is 129 Å². The van der Waals surface area contributed by atoms with Gasteiger partial charge in [0.25, 0.3) is 0 Å². The molecule has 0 radical (unpaired) electrons. The van der Waals surface area contributed by atoms with E-state index in [1.165, 1.54) is 61.4 Å². The van der Waals surface area contributed by atoms with Crippen LogP contribution in [0.2, 0.25) is 4.82 Å². The normalized spacial score (nSPS) is 43.4. The number of methoxy groups -OCH3 is 1. The molecule has 4 aliphatic carbocycles. The van der Waals surface area contributed by atoms with E-state index in [0.717, 1.165) is 48.9 Å². The monoisotopic (exact) mass is 588 g/mol. The summed E-state index contributed by atoms with van der Waals surface area (Å²) in [5.74, 6) is 4.86. The van der Waals surface area contributed by atoms with Gasteiger partial charge >= 0.3 is 241 Å². The van der Waals surface area contributed by atoms with Gasteiger partial charge in [-0.05, 0) is 0 Å². The van der Waals surface area contributed by atoms with Gasteiger partial charge in [-0.25, -0.2) is 0 Å². The first-order valence-corrected chi connectivity index (χ1v) is 17.8. The fourth-order valence-corrected chi connectivity index (χ4v) is 13.5. The van der Waals surface area contributed by atoms with Crippen molar-refractivity contribution in [2.75, 3.05) is 7.11 Å². The number of benzene rings is 1. The zero-order valence-electron chi connectivity index (χ0n) is 25.5. The minimum absolute atomic E-state index is 0.0182. The average molecular weight is 588 g/mol. The summed E-state index contributed by atoms with van der Waals surface area (Å²) in [6.07, 6.45) is 14.3. The van der Waals surface area contributed by atoms with Gasteiger partial charge in [-0.1, -0.05) is 0 Å². The first kappa shape index (κ1) is 29.2. The molecule has 1 N–H and O–H groups in total. The molecular weight excluding hydrogens is 531 g/mol. The molecule has 214 valence electrons. The third-order valence-corrected chi connectivity index (χ3v) is 15.6. The summed E-state index contributed by atoms with van der Waals surface area (Å²) in [5, 5.41) is 12.8. The van der Waals surface area contributed by atoms with Crippen LogP contribution in [0.3, 0.4) is 0 Å². The van der Waals surface area contributed by atoms with Crippen LogP contribution in [0.25, 0.3) is 0 Å². The van der Waals surface area contributed by atoms with E-state index >= 15 is 0 Å². The summed E-state index contributed by atoms with van der Waals surface area (Å²) in [6, 6.07) is 9.22. The molecule has 1 aromatic carbocycles. The Balaban J connectivity index is 1.42. The Morgan fingerprint density at radius 3 is 2.39 bits per heavy atom. The van der Waals surface area contributed by atoms with Crippen molar-refractivity contribution in [3.63, 3.8) is 0 Å². The van der Waals surface area contributed by atoms with E-state index in [1.807, 2.05) is 7.11 Å². The molecule has 0 amide bonds. The van der Waals surface area contributed by atoms with Crippen LogP contribution in [0, 0.1) is 53.3 Å². The van der Waals surface area contributed by atoms with E-state index in [4.69, 9.17) is 4.74 Å². The van der Waals surface area contributed by atoms with Gasteiger partial charge in [-0.2, -0.15) is 0 Å². The third-order valence-electron chi connectivity index (χ3n) is 12.6. The molecule has 4 saturated carbocycles. The van der Waals surface area contributed by atoms with Crippen molar-refractivity contribution in [3.05, 3.63) is 29.8 Å². The standard InChI is InChI=1S/C35H56O2Se/c1-23(2)9-8-10-25(4)29-15-16-30-28-21-32(38-27-13-11-24(3)12-14-27)35(36)22-26(37-7)17-20-34(35,6)31(28)18-19-33(29,30)5/h11-14,23,25-26,28-32,36H,8-10,15-22H2,1-7H3/t25-,26+,28+,29-,30+,31+,32-,33-,34-,35+/m1/s1. The van der Waals surface area contributed by atoms with E-state index in [2.05, 4.69) is 65.8 Å². The first-order chi connectivity index (χ1) is 18.0. The van der Waals surface area contributed by atoms with Crippen LogP contribution in [0.15, 0.2) is 24.3 Å². The summed E-state index contributed by atoms with van der Waals surface area (Å²) < 4.78 is 7.38. The number of hydrogen-bond acceptors (Lipinski definition) is 2. The van der Waals surface area contributed by atoms with Crippen LogP contribution < -0.4 is 4.46 Å². The molecule has 0 unspecified atom stereocenters. The van der Waals surface area contributed by atoms with Crippen LogP contribution >= 0.6 is 0 Å². The molecule has 1 aromatic rings. The minimum atomic E-state index is -0.603. The number of aryl methyl sites for hydroxylation is 1. The van der Waals surface area contributed by atoms with Gasteiger partial charge in [0.05, 0.1) is 0 Å². The van der Waals surface area contributed by atoms with Crippen molar-refractivity contribution >= 4 is 19.4 Å². The van der Waals surface area contributed by atoms with Crippen LogP contribution in [0.1, 0.15) is 111 Å². The van der Waals surface area contributed by atoms with Crippen molar-refractivity contribution in [3.8, 4) is 0 Å². The molecule has 0 spiro atoms. The van der Waals surface area contributed by atoms with Gasteiger partial charge < -0.3 is 0 Å². The van der Waals surface area contributed by atoms with E-state index < -0.39 is 5.60 Å². The van der Waals surface area contributed by atoms with Crippen molar-refractivity contribution in [1.82, 2.24) is 0 Å². The predicted octanol–water partition coefficient (Wildman–Crippen LogP) is 7.97. The van der Waals surface area contributed by atoms with Gasteiger partial charge in [0.2, 0.25) is 0 Å². The van der Waals surface area contributed by atoms with Crippen LogP contribution in [-0.2, 0) is 4.74 Å². The summed E-state index contributed by atoms with van der Waals surface area (Å²) in [5.41, 5.74) is 1.24. The molecule has 0 aromatic heterocycles. The second-order valence-electron chi connectivity index (χ2n) is 15.0. The molecule has 0 bridgehead atoms. The fraction of sp³-hybridized carbons (Fsp3) is 0.829. The molecule has 4 aliphatic rings. The van der Waals surface area contributed by atoms with E-state index in [9.17, 15) is 5.11 Å². The van der Waals surface area contributed by atoms with Gasteiger partial charge in [-0.3, -0.25) is 0 Å². The summed E-state index contributed by atoms with van der Waals surface area (Å²) in [6.45, 7) is 14.7. The van der Waals surface area contributed by atoms with Crippen LogP contribution in [0.5, 0.6) is 0 Å². The SMILES string of the molecule is CO[C@H]1CC[C@]2(C)[C@H]3CC[C@]4(C)[C@@H]([C@H](C)CCCC(C)C)CC[C@H]4[C@@H]3C[C@@H]([Se]c3ccc(C)cc3)[C@@]2(O)C1. The molecule has 5 rings (SSSR count). The first-order valence-electron chi connectivity index (χ1n) is 16.0. The van der Waals surface area contributed by atoms with E-state index in [-0.39, 0.29) is 26.5 Å². The predicted molar refractivity (Wildman–Crippen MR) is 161 cm³/mol. The molecule has 4 fully saturated rings. The van der Waals surface area contributed by atoms with Crippen LogP contribution in [0.4, 0.5) is 0 Å². The molecule has 38 heavy (non-hydrogen) atoms. The zero-order valence-corrected chi connectivity index (χ0v) is 27.2. The molecule has 2 nitrogen and oxygen atoms in total. The van der Waals surface area contributed by atoms with Gasteiger partial charge in [0.15, 0.2) is 0 Å².